The Hall–Kier alpha value is -2.55. The van der Waals surface area contributed by atoms with E-state index in [4.69, 9.17) is 9.47 Å². The monoisotopic (exact) mass is 358 g/mol. The van der Waals surface area contributed by atoms with Crippen molar-refractivity contribution >= 4 is 17.7 Å². The Labute approximate surface area is 142 Å². The van der Waals surface area contributed by atoms with Gasteiger partial charge in [-0.2, -0.15) is 13.2 Å². The number of amides is 2. The number of nitrogens with one attached hydrogen (secondary N) is 1. The molecule has 2 unspecified atom stereocenters. The Bertz CT molecular complexity index is 663. The van der Waals surface area contributed by atoms with Crippen molar-refractivity contribution in [2.45, 2.75) is 19.5 Å². The summed E-state index contributed by atoms with van der Waals surface area (Å²) in [7, 11) is 0. The molecular formula is C16H17F3N2O4. The molecule has 1 N–H and O–H groups in total. The lowest BCUT2D eigenvalue weighted by atomic mass is 10.2. The Morgan fingerprint density at radius 1 is 1.56 bits per heavy atom. The van der Waals surface area contributed by atoms with E-state index in [1.807, 2.05) is 6.92 Å². The fourth-order valence-corrected chi connectivity index (χ4v) is 2.05. The summed E-state index contributed by atoms with van der Waals surface area (Å²) in [6, 6.07) is 4.13. The van der Waals surface area contributed by atoms with Crippen LogP contribution in [0.4, 0.5) is 23.7 Å². The summed E-state index contributed by atoms with van der Waals surface area (Å²) < 4.78 is 48.5. The van der Waals surface area contributed by atoms with Gasteiger partial charge in [-0.1, -0.05) is 19.1 Å². The predicted octanol–water partition coefficient (Wildman–Crippen LogP) is 2.90. The van der Waals surface area contributed by atoms with Gasteiger partial charge in [0.05, 0.1) is 11.3 Å². The summed E-state index contributed by atoms with van der Waals surface area (Å²) in [5.41, 5.74) is -0.998. The van der Waals surface area contributed by atoms with Gasteiger partial charge in [0.1, 0.15) is 6.61 Å². The van der Waals surface area contributed by atoms with E-state index in [9.17, 15) is 22.8 Å². The average molecular weight is 358 g/mol. The van der Waals surface area contributed by atoms with Gasteiger partial charge in [-0.15, -0.1) is 6.58 Å². The van der Waals surface area contributed by atoms with Crippen LogP contribution in [-0.4, -0.2) is 31.6 Å². The number of alkyl carbamates (subject to hydrolysis) is 1. The topological polar surface area (TPSA) is 67.9 Å². The molecule has 0 aliphatic carbocycles. The fraction of sp³-hybridized carbons (Fsp3) is 0.375. The highest BCUT2D eigenvalue weighted by Crippen LogP contribution is 2.33. The molecule has 6 nitrogen and oxygen atoms in total. The van der Waals surface area contributed by atoms with Gasteiger partial charge < -0.3 is 14.8 Å². The molecule has 1 aliphatic heterocycles. The van der Waals surface area contributed by atoms with E-state index in [0.717, 1.165) is 23.1 Å². The molecule has 1 heterocycles. The van der Waals surface area contributed by atoms with Gasteiger partial charge in [0.25, 0.3) is 12.3 Å². The molecule has 1 saturated heterocycles. The summed E-state index contributed by atoms with van der Waals surface area (Å²) in [6.45, 7) is 5.24. The zero-order valence-electron chi connectivity index (χ0n) is 13.4. The molecule has 1 fully saturated rings. The summed E-state index contributed by atoms with van der Waals surface area (Å²) in [5, 5.41) is 2.45. The molecule has 2 amide bonds. The number of hydrogen-bond acceptors (Lipinski definition) is 4. The number of rotatable bonds is 5. The number of nitrogens with zero attached hydrogens (tertiary/aromatic N) is 1. The summed E-state index contributed by atoms with van der Waals surface area (Å²) in [5.74, 6) is -0.616. The van der Waals surface area contributed by atoms with E-state index in [1.165, 1.54) is 6.07 Å². The van der Waals surface area contributed by atoms with Crippen molar-refractivity contribution in [3.63, 3.8) is 0 Å². The van der Waals surface area contributed by atoms with Crippen LogP contribution in [0.1, 0.15) is 12.5 Å². The van der Waals surface area contributed by atoms with E-state index in [1.54, 1.807) is 6.08 Å². The average Bonchev–Trinajstić information content (AvgIpc) is 2.92. The van der Waals surface area contributed by atoms with E-state index in [2.05, 4.69) is 11.9 Å². The van der Waals surface area contributed by atoms with Crippen LogP contribution in [0.3, 0.4) is 0 Å². The van der Waals surface area contributed by atoms with Crippen LogP contribution in [0.2, 0.25) is 0 Å². The van der Waals surface area contributed by atoms with Crippen LogP contribution in [0.25, 0.3) is 0 Å². The van der Waals surface area contributed by atoms with Crippen LogP contribution in [-0.2, 0) is 20.4 Å². The number of carbonyl (C=O) groups excluding carboxylic acids is 2. The van der Waals surface area contributed by atoms with Crippen molar-refractivity contribution in [2.75, 3.05) is 18.1 Å². The van der Waals surface area contributed by atoms with Gasteiger partial charge in [0.15, 0.2) is 0 Å². The van der Waals surface area contributed by atoms with Gasteiger partial charge in [-0.05, 0) is 24.1 Å². The van der Waals surface area contributed by atoms with Gasteiger partial charge in [0, 0.05) is 6.54 Å². The number of ether oxygens (including phenoxy) is 2. The van der Waals surface area contributed by atoms with E-state index in [0.29, 0.717) is 0 Å². The molecule has 1 aromatic rings. The summed E-state index contributed by atoms with van der Waals surface area (Å²) in [4.78, 5) is 24.6. The first kappa shape index (κ1) is 18.8. The first-order valence-electron chi connectivity index (χ1n) is 7.40. The second kappa shape index (κ2) is 7.56. The SMILES string of the molecule is C=CC(C)CNC(=O)OC1OCC(=O)N1c1cccc(C(F)(F)F)c1. The Balaban J connectivity index is 2.12. The highest BCUT2D eigenvalue weighted by atomic mass is 19.4. The normalized spacial score (nSPS) is 18.8. The molecule has 0 aromatic heterocycles. The zero-order valence-corrected chi connectivity index (χ0v) is 13.4. The molecule has 1 aromatic carbocycles. The van der Waals surface area contributed by atoms with Gasteiger partial charge in [0.2, 0.25) is 0 Å². The van der Waals surface area contributed by atoms with Crippen molar-refractivity contribution < 1.29 is 32.2 Å². The fourth-order valence-electron chi connectivity index (χ4n) is 2.05. The molecule has 0 radical (unpaired) electrons. The third kappa shape index (κ3) is 4.72. The first-order valence-corrected chi connectivity index (χ1v) is 7.40. The molecule has 2 rings (SSSR count). The van der Waals surface area contributed by atoms with Gasteiger partial charge in [-0.3, -0.25) is 4.79 Å². The van der Waals surface area contributed by atoms with Crippen molar-refractivity contribution in [3.05, 3.63) is 42.5 Å². The number of hydrogen-bond donors (Lipinski definition) is 1. The summed E-state index contributed by atoms with van der Waals surface area (Å²) in [6.07, 6.45) is -5.22. The highest BCUT2D eigenvalue weighted by molar-refractivity contribution is 5.96. The largest absolute Gasteiger partial charge is 0.416 e. The minimum atomic E-state index is -4.56. The van der Waals surface area contributed by atoms with E-state index < -0.39 is 36.8 Å². The van der Waals surface area contributed by atoms with Crippen molar-refractivity contribution in [3.8, 4) is 0 Å². The van der Waals surface area contributed by atoms with Crippen LogP contribution in [0, 0.1) is 5.92 Å². The smallest absolute Gasteiger partial charge is 0.399 e. The standard InChI is InChI=1S/C16H17F3N2O4/c1-3-10(2)8-20-14(23)25-15-21(13(22)9-24-15)12-6-4-5-11(7-12)16(17,18)19/h3-7,10,15H,1,8-9H2,2H3,(H,20,23). The molecular weight excluding hydrogens is 341 g/mol. The van der Waals surface area contributed by atoms with Crippen LogP contribution >= 0.6 is 0 Å². The van der Waals surface area contributed by atoms with Crippen LogP contribution in [0.5, 0.6) is 0 Å². The molecule has 0 spiro atoms. The molecule has 0 saturated carbocycles. The van der Waals surface area contributed by atoms with E-state index >= 15 is 0 Å². The third-order valence-electron chi connectivity index (χ3n) is 3.46. The third-order valence-corrected chi connectivity index (χ3v) is 3.46. The lowest BCUT2D eigenvalue weighted by Crippen LogP contribution is -2.40. The van der Waals surface area contributed by atoms with Crippen LogP contribution in [0.15, 0.2) is 36.9 Å². The second-order valence-electron chi connectivity index (χ2n) is 5.43. The van der Waals surface area contributed by atoms with Gasteiger partial charge in [-0.25, -0.2) is 9.69 Å². The quantitative estimate of drug-likeness (QED) is 0.822. The maximum Gasteiger partial charge on any atom is 0.416 e. The van der Waals surface area contributed by atoms with Crippen molar-refractivity contribution in [2.24, 2.45) is 5.92 Å². The van der Waals surface area contributed by atoms with Crippen molar-refractivity contribution in [1.82, 2.24) is 5.32 Å². The van der Waals surface area contributed by atoms with Crippen LogP contribution < -0.4 is 10.2 Å². The zero-order chi connectivity index (χ0) is 18.6. The van der Waals surface area contributed by atoms with E-state index in [-0.39, 0.29) is 18.2 Å². The number of benzene rings is 1. The highest BCUT2D eigenvalue weighted by Gasteiger charge is 2.38. The maximum absolute atomic E-state index is 12.8. The number of halogens is 3. The molecule has 136 valence electrons. The second-order valence-corrected chi connectivity index (χ2v) is 5.43. The maximum atomic E-state index is 12.8. The number of alkyl halides is 3. The Morgan fingerprint density at radius 3 is 2.92 bits per heavy atom. The Kier molecular flexibility index (Phi) is 5.68. The van der Waals surface area contributed by atoms with Crippen molar-refractivity contribution in [1.29, 1.82) is 0 Å². The lowest BCUT2D eigenvalue weighted by Gasteiger charge is -2.23. The predicted molar refractivity (Wildman–Crippen MR) is 82.5 cm³/mol. The van der Waals surface area contributed by atoms with Gasteiger partial charge >= 0.3 is 12.3 Å². The molecule has 9 heteroatoms. The molecule has 0 bridgehead atoms. The molecule has 25 heavy (non-hydrogen) atoms. The molecule has 1 aliphatic rings. The lowest BCUT2D eigenvalue weighted by molar-refractivity contribution is -0.137. The minimum absolute atomic E-state index is 0.00162. The first-order chi connectivity index (χ1) is 11.7. The minimum Gasteiger partial charge on any atom is -0.399 e. The number of carbonyl (C=O) groups is 2. The summed E-state index contributed by atoms with van der Waals surface area (Å²) >= 11 is 0. The number of anilines is 1. The Morgan fingerprint density at radius 2 is 2.28 bits per heavy atom. The molecule has 2 atom stereocenters.